The van der Waals surface area contributed by atoms with Gasteiger partial charge >= 0.3 is 0 Å². The topological polar surface area (TPSA) is 37.4 Å². The van der Waals surface area contributed by atoms with E-state index in [0.717, 1.165) is 12.1 Å². The third kappa shape index (κ3) is 2.38. The lowest BCUT2D eigenvalue weighted by molar-refractivity contribution is -0.121. The van der Waals surface area contributed by atoms with Gasteiger partial charge in [-0.2, -0.15) is 0 Å². The molecule has 90 valence electrons. The van der Waals surface area contributed by atoms with Gasteiger partial charge in [0.25, 0.3) is 0 Å². The Labute approximate surface area is 101 Å². The number of hydrogen-bond donors (Lipinski definition) is 0. The molecule has 17 heavy (non-hydrogen) atoms. The summed E-state index contributed by atoms with van der Waals surface area (Å²) in [4.78, 5) is 24.3. The molecule has 3 nitrogen and oxygen atoms in total. The standard InChI is InChI=1S/C14H17NO2/c1-3-10(2)11-4-6-12(7-5-11)15-9-13(16)8-14(15)17/h4-7,10H,3,8-9H2,1-2H3. The number of benzene rings is 1. The monoisotopic (exact) mass is 231 g/mol. The number of anilines is 1. The average Bonchev–Trinajstić information content (AvgIpc) is 2.68. The molecule has 1 atom stereocenters. The van der Waals surface area contributed by atoms with Gasteiger partial charge in [0.2, 0.25) is 5.91 Å². The molecule has 0 radical (unpaired) electrons. The maximum Gasteiger partial charge on any atom is 0.234 e. The molecular weight excluding hydrogens is 214 g/mol. The molecular formula is C14H17NO2. The first kappa shape index (κ1) is 11.8. The van der Waals surface area contributed by atoms with Crippen LogP contribution in [0.5, 0.6) is 0 Å². The van der Waals surface area contributed by atoms with Gasteiger partial charge < -0.3 is 4.90 Å². The molecule has 1 saturated heterocycles. The summed E-state index contributed by atoms with van der Waals surface area (Å²) in [6.45, 7) is 4.56. The van der Waals surface area contributed by atoms with Crippen molar-refractivity contribution in [3.63, 3.8) is 0 Å². The normalized spacial score (nSPS) is 17.6. The fraction of sp³-hybridized carbons (Fsp3) is 0.429. The van der Waals surface area contributed by atoms with Crippen molar-refractivity contribution in [3.8, 4) is 0 Å². The number of hydrogen-bond acceptors (Lipinski definition) is 2. The minimum atomic E-state index is -0.0914. The Hall–Kier alpha value is -1.64. The highest BCUT2D eigenvalue weighted by Gasteiger charge is 2.28. The number of Topliss-reactive ketones (excluding diaryl/α,β-unsaturated/α-hetero) is 1. The van der Waals surface area contributed by atoms with Crippen LogP contribution in [0.1, 0.15) is 38.2 Å². The van der Waals surface area contributed by atoms with Crippen LogP contribution in [0.15, 0.2) is 24.3 Å². The highest BCUT2D eigenvalue weighted by molar-refractivity contribution is 6.14. The summed E-state index contributed by atoms with van der Waals surface area (Å²) in [7, 11) is 0. The van der Waals surface area contributed by atoms with E-state index in [0.29, 0.717) is 5.92 Å². The minimum absolute atomic E-state index is 0.000928. The first-order valence-corrected chi connectivity index (χ1v) is 6.04. The molecule has 1 unspecified atom stereocenters. The SMILES string of the molecule is CCC(C)c1ccc(N2CC(=O)CC2=O)cc1. The van der Waals surface area contributed by atoms with Crippen molar-refractivity contribution in [3.05, 3.63) is 29.8 Å². The Kier molecular flexibility index (Phi) is 3.27. The van der Waals surface area contributed by atoms with E-state index in [4.69, 9.17) is 0 Å². The van der Waals surface area contributed by atoms with Crippen molar-refractivity contribution in [2.45, 2.75) is 32.6 Å². The second-order valence-corrected chi connectivity index (χ2v) is 4.60. The molecule has 1 aromatic carbocycles. The number of rotatable bonds is 3. The second-order valence-electron chi connectivity index (χ2n) is 4.60. The third-order valence-corrected chi connectivity index (χ3v) is 3.37. The van der Waals surface area contributed by atoms with E-state index in [1.807, 2.05) is 24.3 Å². The van der Waals surface area contributed by atoms with Crippen LogP contribution in [0.2, 0.25) is 0 Å². The lowest BCUT2D eigenvalue weighted by Crippen LogP contribution is -2.24. The van der Waals surface area contributed by atoms with Crippen LogP contribution in [0.25, 0.3) is 0 Å². The van der Waals surface area contributed by atoms with Gasteiger partial charge in [-0.05, 0) is 30.0 Å². The molecule has 0 N–H and O–H groups in total. The van der Waals surface area contributed by atoms with E-state index >= 15 is 0 Å². The summed E-state index contributed by atoms with van der Waals surface area (Å²) in [6.07, 6.45) is 1.15. The summed E-state index contributed by atoms with van der Waals surface area (Å²) >= 11 is 0. The van der Waals surface area contributed by atoms with E-state index in [1.165, 1.54) is 5.56 Å². The molecule has 0 spiro atoms. The summed E-state index contributed by atoms with van der Waals surface area (Å²) in [5, 5.41) is 0. The summed E-state index contributed by atoms with van der Waals surface area (Å²) < 4.78 is 0. The minimum Gasteiger partial charge on any atom is -0.305 e. The Balaban J connectivity index is 2.18. The molecule has 1 aliphatic heterocycles. The van der Waals surface area contributed by atoms with Crippen LogP contribution < -0.4 is 4.90 Å². The molecule has 2 rings (SSSR count). The second kappa shape index (κ2) is 4.70. The molecule has 0 bridgehead atoms. The highest BCUT2D eigenvalue weighted by atomic mass is 16.2. The van der Waals surface area contributed by atoms with E-state index < -0.39 is 0 Å². The Morgan fingerprint density at radius 1 is 1.24 bits per heavy atom. The zero-order valence-corrected chi connectivity index (χ0v) is 10.3. The van der Waals surface area contributed by atoms with E-state index in [2.05, 4.69) is 13.8 Å². The van der Waals surface area contributed by atoms with Crippen molar-refractivity contribution >= 4 is 17.4 Å². The van der Waals surface area contributed by atoms with Gasteiger partial charge in [-0.15, -0.1) is 0 Å². The molecule has 0 aliphatic carbocycles. The van der Waals surface area contributed by atoms with Gasteiger partial charge in [0.15, 0.2) is 5.78 Å². The summed E-state index contributed by atoms with van der Waals surface area (Å²) in [6, 6.07) is 7.94. The van der Waals surface area contributed by atoms with Crippen LogP contribution in [-0.2, 0) is 9.59 Å². The smallest absolute Gasteiger partial charge is 0.234 e. The molecule has 0 aromatic heterocycles. The van der Waals surface area contributed by atoms with Crippen LogP contribution in [-0.4, -0.2) is 18.2 Å². The number of carbonyl (C=O) groups excluding carboxylic acids is 2. The molecule has 1 amide bonds. The maximum atomic E-state index is 11.6. The molecule has 0 saturated carbocycles. The Bertz CT molecular complexity index is 436. The zero-order chi connectivity index (χ0) is 12.4. The van der Waals surface area contributed by atoms with Gasteiger partial charge in [0, 0.05) is 5.69 Å². The Morgan fingerprint density at radius 2 is 1.88 bits per heavy atom. The van der Waals surface area contributed by atoms with Crippen molar-refractivity contribution in [2.24, 2.45) is 0 Å². The number of amides is 1. The van der Waals surface area contributed by atoms with E-state index in [1.54, 1.807) is 4.90 Å². The molecule has 3 heteroatoms. The molecule has 1 aromatic rings. The van der Waals surface area contributed by atoms with Crippen LogP contribution in [0.3, 0.4) is 0 Å². The van der Waals surface area contributed by atoms with Crippen molar-refractivity contribution in [1.82, 2.24) is 0 Å². The molecule has 1 aliphatic rings. The number of nitrogens with zero attached hydrogens (tertiary/aromatic N) is 1. The molecule has 1 fully saturated rings. The maximum absolute atomic E-state index is 11.6. The number of carbonyl (C=O) groups is 2. The van der Waals surface area contributed by atoms with Crippen LogP contribution in [0.4, 0.5) is 5.69 Å². The van der Waals surface area contributed by atoms with Gasteiger partial charge in [0.05, 0.1) is 13.0 Å². The van der Waals surface area contributed by atoms with Crippen molar-refractivity contribution in [2.75, 3.05) is 11.4 Å². The van der Waals surface area contributed by atoms with Gasteiger partial charge in [-0.3, -0.25) is 9.59 Å². The largest absolute Gasteiger partial charge is 0.305 e. The van der Waals surface area contributed by atoms with E-state index in [-0.39, 0.29) is 24.7 Å². The summed E-state index contributed by atoms with van der Waals surface area (Å²) in [5.41, 5.74) is 2.10. The van der Waals surface area contributed by atoms with Gasteiger partial charge in [-0.25, -0.2) is 0 Å². The van der Waals surface area contributed by atoms with Crippen LogP contribution >= 0.6 is 0 Å². The predicted molar refractivity (Wildman–Crippen MR) is 67.1 cm³/mol. The average molecular weight is 231 g/mol. The summed E-state index contributed by atoms with van der Waals surface area (Å²) in [5.74, 6) is 0.437. The van der Waals surface area contributed by atoms with Gasteiger partial charge in [-0.1, -0.05) is 26.0 Å². The fourth-order valence-electron chi connectivity index (χ4n) is 2.04. The quantitative estimate of drug-likeness (QED) is 0.749. The van der Waals surface area contributed by atoms with Crippen LogP contribution in [0, 0.1) is 0 Å². The predicted octanol–water partition coefficient (Wildman–Crippen LogP) is 2.51. The first-order valence-electron chi connectivity index (χ1n) is 6.04. The highest BCUT2D eigenvalue weighted by Crippen LogP contribution is 2.24. The number of ketones is 1. The van der Waals surface area contributed by atoms with E-state index in [9.17, 15) is 9.59 Å². The van der Waals surface area contributed by atoms with Gasteiger partial charge in [0.1, 0.15) is 0 Å². The van der Waals surface area contributed by atoms with Crippen molar-refractivity contribution < 1.29 is 9.59 Å². The molecule has 1 heterocycles. The lowest BCUT2D eigenvalue weighted by atomic mass is 9.98. The Morgan fingerprint density at radius 3 is 2.35 bits per heavy atom. The fourth-order valence-corrected chi connectivity index (χ4v) is 2.04. The third-order valence-electron chi connectivity index (χ3n) is 3.37. The van der Waals surface area contributed by atoms with Crippen molar-refractivity contribution in [1.29, 1.82) is 0 Å². The first-order chi connectivity index (χ1) is 8.11. The zero-order valence-electron chi connectivity index (χ0n) is 10.3. The lowest BCUT2D eigenvalue weighted by Gasteiger charge is -2.16.